The van der Waals surface area contributed by atoms with Crippen LogP contribution in [0.15, 0.2) is 34.0 Å². The zero-order valence-electron chi connectivity index (χ0n) is 13.2. The summed E-state index contributed by atoms with van der Waals surface area (Å²) in [6.07, 6.45) is 2.71. The Labute approximate surface area is 138 Å². The second kappa shape index (κ2) is 7.04. The van der Waals surface area contributed by atoms with E-state index in [1.807, 2.05) is 13.8 Å². The zero-order chi connectivity index (χ0) is 17.1. The molecule has 23 heavy (non-hydrogen) atoms. The first-order chi connectivity index (χ1) is 10.9. The standard InChI is InChI=1S/C16H19NO5S/c1-9(2)8-17-15(21)10(7-12(18)19)13(16(17)23-3)14(20)11-5-4-6-22-11/h4-6,9,16H,7-8H2,1-3H3,(H,18,19)/t16-/m0/s1. The maximum atomic E-state index is 12.7. The molecule has 2 rings (SSSR count). The molecule has 0 unspecified atom stereocenters. The molecule has 0 radical (unpaired) electrons. The van der Waals surface area contributed by atoms with Crippen LogP contribution >= 0.6 is 11.8 Å². The number of Topliss-reactive ketones (excluding diaryl/α,β-unsaturated/α-hetero) is 1. The van der Waals surface area contributed by atoms with Crippen molar-refractivity contribution in [2.45, 2.75) is 25.6 Å². The maximum Gasteiger partial charge on any atom is 0.308 e. The summed E-state index contributed by atoms with van der Waals surface area (Å²) in [5, 5.41) is 8.61. The first-order valence-corrected chi connectivity index (χ1v) is 8.52. The van der Waals surface area contributed by atoms with Crippen molar-refractivity contribution >= 4 is 29.4 Å². The van der Waals surface area contributed by atoms with Crippen molar-refractivity contribution in [1.29, 1.82) is 0 Å². The van der Waals surface area contributed by atoms with Crippen LogP contribution in [0, 0.1) is 5.92 Å². The molecule has 0 spiro atoms. The normalized spacial score (nSPS) is 18.2. The van der Waals surface area contributed by atoms with Gasteiger partial charge in [0.2, 0.25) is 5.78 Å². The van der Waals surface area contributed by atoms with Gasteiger partial charge in [0.15, 0.2) is 5.76 Å². The van der Waals surface area contributed by atoms with Crippen molar-refractivity contribution in [3.8, 4) is 0 Å². The lowest BCUT2D eigenvalue weighted by Crippen LogP contribution is -2.37. The fraction of sp³-hybridized carbons (Fsp3) is 0.438. The summed E-state index contributed by atoms with van der Waals surface area (Å²) in [6.45, 7) is 4.39. The van der Waals surface area contributed by atoms with Gasteiger partial charge in [0.05, 0.1) is 12.7 Å². The molecular weight excluding hydrogens is 318 g/mol. The highest BCUT2D eigenvalue weighted by molar-refractivity contribution is 7.99. The molecule has 0 aromatic carbocycles. The van der Waals surface area contributed by atoms with Gasteiger partial charge in [0.1, 0.15) is 5.37 Å². The third-order valence-electron chi connectivity index (χ3n) is 3.48. The van der Waals surface area contributed by atoms with Crippen LogP contribution in [0.25, 0.3) is 0 Å². The van der Waals surface area contributed by atoms with Crippen LogP contribution in [0.2, 0.25) is 0 Å². The number of aliphatic carboxylic acids is 1. The summed E-state index contributed by atoms with van der Waals surface area (Å²) in [7, 11) is 0. The van der Waals surface area contributed by atoms with Crippen molar-refractivity contribution in [3.05, 3.63) is 35.3 Å². The Morgan fingerprint density at radius 2 is 2.13 bits per heavy atom. The van der Waals surface area contributed by atoms with Gasteiger partial charge in [-0.05, 0) is 24.3 Å². The van der Waals surface area contributed by atoms with E-state index in [-0.39, 0.29) is 28.7 Å². The van der Waals surface area contributed by atoms with Gasteiger partial charge in [0, 0.05) is 17.7 Å². The van der Waals surface area contributed by atoms with Crippen LogP contribution in [0.1, 0.15) is 30.8 Å². The Balaban J connectivity index is 2.48. The second-order valence-electron chi connectivity index (χ2n) is 5.71. The Morgan fingerprint density at radius 1 is 1.43 bits per heavy atom. The predicted octanol–water partition coefficient (Wildman–Crippen LogP) is 2.42. The smallest absolute Gasteiger partial charge is 0.308 e. The Bertz CT molecular complexity index is 647. The average molecular weight is 337 g/mol. The minimum Gasteiger partial charge on any atom is -0.481 e. The maximum absolute atomic E-state index is 12.7. The molecule has 0 saturated heterocycles. The molecule has 1 amide bonds. The first-order valence-electron chi connectivity index (χ1n) is 7.23. The minimum atomic E-state index is -1.13. The minimum absolute atomic E-state index is 0.0545. The molecule has 1 atom stereocenters. The van der Waals surface area contributed by atoms with E-state index in [1.54, 1.807) is 17.2 Å². The molecular formula is C16H19NO5S. The molecule has 6 nitrogen and oxygen atoms in total. The van der Waals surface area contributed by atoms with Gasteiger partial charge in [-0.15, -0.1) is 11.8 Å². The molecule has 0 bridgehead atoms. The number of carboxylic acids is 1. The average Bonchev–Trinajstić information content (AvgIpc) is 3.08. The van der Waals surface area contributed by atoms with Gasteiger partial charge in [-0.3, -0.25) is 14.4 Å². The van der Waals surface area contributed by atoms with E-state index in [0.29, 0.717) is 6.54 Å². The van der Waals surface area contributed by atoms with Crippen LogP contribution in [-0.2, 0) is 9.59 Å². The quantitative estimate of drug-likeness (QED) is 0.769. The van der Waals surface area contributed by atoms with Crippen LogP contribution < -0.4 is 0 Å². The molecule has 0 aliphatic carbocycles. The number of hydrogen-bond donors (Lipinski definition) is 1. The van der Waals surface area contributed by atoms with Gasteiger partial charge in [-0.25, -0.2) is 0 Å². The molecule has 0 fully saturated rings. The van der Waals surface area contributed by atoms with E-state index in [4.69, 9.17) is 9.52 Å². The summed E-state index contributed by atoms with van der Waals surface area (Å²) in [6, 6.07) is 3.10. The summed E-state index contributed by atoms with van der Waals surface area (Å²) >= 11 is 1.34. The zero-order valence-corrected chi connectivity index (χ0v) is 14.1. The molecule has 124 valence electrons. The van der Waals surface area contributed by atoms with E-state index in [9.17, 15) is 14.4 Å². The molecule has 1 aliphatic heterocycles. The Morgan fingerprint density at radius 3 is 2.61 bits per heavy atom. The molecule has 1 aromatic rings. The van der Waals surface area contributed by atoms with Crippen LogP contribution in [0.4, 0.5) is 0 Å². The van der Waals surface area contributed by atoms with Crippen molar-refractivity contribution in [2.75, 3.05) is 12.8 Å². The topological polar surface area (TPSA) is 87.8 Å². The fourth-order valence-corrected chi connectivity index (χ4v) is 3.55. The highest BCUT2D eigenvalue weighted by atomic mass is 32.2. The van der Waals surface area contributed by atoms with Crippen molar-refractivity contribution in [3.63, 3.8) is 0 Å². The lowest BCUT2D eigenvalue weighted by atomic mass is 10.0. The fourth-order valence-electron chi connectivity index (χ4n) is 2.63. The molecule has 0 saturated carbocycles. The van der Waals surface area contributed by atoms with Gasteiger partial charge >= 0.3 is 5.97 Å². The number of amides is 1. The van der Waals surface area contributed by atoms with Crippen molar-refractivity contribution in [2.24, 2.45) is 5.92 Å². The number of ketones is 1. The third kappa shape index (κ3) is 3.50. The van der Waals surface area contributed by atoms with E-state index in [2.05, 4.69) is 0 Å². The summed E-state index contributed by atoms with van der Waals surface area (Å²) in [4.78, 5) is 38.1. The van der Waals surface area contributed by atoms with Crippen molar-refractivity contribution in [1.82, 2.24) is 4.90 Å². The van der Waals surface area contributed by atoms with Crippen LogP contribution in [0.5, 0.6) is 0 Å². The number of carbonyl (C=O) groups is 3. The van der Waals surface area contributed by atoms with Crippen LogP contribution in [0.3, 0.4) is 0 Å². The molecule has 1 N–H and O–H groups in total. The highest BCUT2D eigenvalue weighted by Gasteiger charge is 2.43. The number of nitrogens with zero attached hydrogens (tertiary/aromatic N) is 1. The van der Waals surface area contributed by atoms with Gasteiger partial charge < -0.3 is 14.4 Å². The number of carboxylic acid groups (broad SMARTS) is 1. The highest BCUT2D eigenvalue weighted by Crippen LogP contribution is 2.36. The summed E-state index contributed by atoms with van der Waals surface area (Å²) < 4.78 is 5.14. The summed E-state index contributed by atoms with van der Waals surface area (Å²) in [5.74, 6) is -1.62. The Hall–Kier alpha value is -2.02. The van der Waals surface area contributed by atoms with Gasteiger partial charge in [-0.2, -0.15) is 0 Å². The monoisotopic (exact) mass is 337 g/mol. The van der Waals surface area contributed by atoms with Crippen molar-refractivity contribution < 1.29 is 23.9 Å². The van der Waals surface area contributed by atoms with E-state index < -0.39 is 23.5 Å². The number of furan rings is 1. The van der Waals surface area contributed by atoms with Gasteiger partial charge in [-0.1, -0.05) is 13.8 Å². The third-order valence-corrected chi connectivity index (χ3v) is 4.41. The number of thioether (sulfide) groups is 1. The Kier molecular flexibility index (Phi) is 5.30. The summed E-state index contributed by atoms with van der Waals surface area (Å²) in [5.41, 5.74) is 0.277. The number of rotatable bonds is 7. The number of hydrogen-bond acceptors (Lipinski definition) is 5. The van der Waals surface area contributed by atoms with E-state index in [1.165, 1.54) is 24.1 Å². The van der Waals surface area contributed by atoms with E-state index >= 15 is 0 Å². The molecule has 1 aliphatic rings. The SMILES string of the molecule is CS[C@H]1C(C(=O)c2ccco2)=C(CC(=O)O)C(=O)N1CC(C)C. The largest absolute Gasteiger partial charge is 0.481 e. The first kappa shape index (κ1) is 17.3. The van der Waals surface area contributed by atoms with Gasteiger partial charge in [0.25, 0.3) is 5.91 Å². The molecule has 7 heteroatoms. The molecule has 2 heterocycles. The lowest BCUT2D eigenvalue weighted by Gasteiger charge is -2.26. The van der Waals surface area contributed by atoms with E-state index in [0.717, 1.165) is 0 Å². The molecule has 1 aromatic heterocycles. The lowest BCUT2D eigenvalue weighted by molar-refractivity contribution is -0.137. The number of carbonyl (C=O) groups excluding carboxylic acids is 2. The van der Waals surface area contributed by atoms with Crippen LogP contribution in [-0.4, -0.2) is 45.8 Å². The predicted molar refractivity (Wildman–Crippen MR) is 86.2 cm³/mol. The second-order valence-corrected chi connectivity index (χ2v) is 6.63.